The van der Waals surface area contributed by atoms with E-state index in [1.165, 1.54) is 0 Å². The lowest BCUT2D eigenvalue weighted by atomic mass is 10.1. The number of carbonyl (C=O) groups is 1. The highest BCUT2D eigenvalue weighted by molar-refractivity contribution is 5.92. The summed E-state index contributed by atoms with van der Waals surface area (Å²) in [5.41, 5.74) is 4.09. The summed E-state index contributed by atoms with van der Waals surface area (Å²) in [6, 6.07) is 24.8. The van der Waals surface area contributed by atoms with Crippen molar-refractivity contribution in [2.24, 2.45) is 0 Å². The second-order valence-corrected chi connectivity index (χ2v) is 5.78. The van der Waals surface area contributed by atoms with E-state index in [1.54, 1.807) is 0 Å². The first-order chi connectivity index (χ1) is 12.3. The molecule has 0 fully saturated rings. The van der Waals surface area contributed by atoms with Crippen LogP contribution in [-0.2, 0) is 11.2 Å². The van der Waals surface area contributed by atoms with E-state index < -0.39 is 0 Å². The fraction of sp³-hybridized carbons (Fsp3) is 0.0476. The molecule has 0 aliphatic carbocycles. The lowest BCUT2D eigenvalue weighted by molar-refractivity contribution is -0.115. The van der Waals surface area contributed by atoms with Crippen molar-refractivity contribution >= 4 is 22.7 Å². The molecule has 0 radical (unpaired) electrons. The van der Waals surface area contributed by atoms with Gasteiger partial charge in [-0.2, -0.15) is 0 Å². The maximum atomic E-state index is 12.2. The van der Waals surface area contributed by atoms with Crippen molar-refractivity contribution in [1.82, 2.24) is 4.98 Å². The van der Waals surface area contributed by atoms with Gasteiger partial charge in [-0.15, -0.1) is 0 Å². The third-order valence-electron chi connectivity index (χ3n) is 3.89. The minimum Gasteiger partial charge on any atom is -0.436 e. The van der Waals surface area contributed by atoms with E-state index in [2.05, 4.69) is 10.3 Å². The molecule has 1 aromatic heterocycles. The Bertz CT molecular complexity index is 989. The van der Waals surface area contributed by atoms with E-state index in [0.29, 0.717) is 12.3 Å². The monoisotopic (exact) mass is 328 g/mol. The molecule has 0 atom stereocenters. The van der Waals surface area contributed by atoms with Gasteiger partial charge < -0.3 is 9.73 Å². The molecule has 4 nitrogen and oxygen atoms in total. The van der Waals surface area contributed by atoms with E-state index in [1.807, 2.05) is 78.9 Å². The van der Waals surface area contributed by atoms with Gasteiger partial charge in [0.25, 0.3) is 0 Å². The highest BCUT2D eigenvalue weighted by Gasteiger charge is 2.09. The van der Waals surface area contributed by atoms with Crippen LogP contribution in [0.1, 0.15) is 5.56 Å². The van der Waals surface area contributed by atoms with E-state index in [4.69, 9.17) is 4.42 Å². The number of hydrogen-bond donors (Lipinski definition) is 1. The molecule has 4 aromatic rings. The standard InChI is InChI=1S/C21H16N2O2/c24-20(13-15-7-2-1-3-8-15)22-17-10-6-9-16(14-17)21-23-18-11-4-5-12-19(18)25-21/h1-12,14H,13H2,(H,22,24). The average molecular weight is 328 g/mol. The zero-order valence-corrected chi connectivity index (χ0v) is 13.5. The number of benzene rings is 3. The van der Waals surface area contributed by atoms with Crippen LogP contribution in [0.3, 0.4) is 0 Å². The van der Waals surface area contributed by atoms with Gasteiger partial charge in [-0.25, -0.2) is 4.98 Å². The van der Waals surface area contributed by atoms with Crippen LogP contribution in [-0.4, -0.2) is 10.9 Å². The van der Waals surface area contributed by atoms with Crippen molar-refractivity contribution in [3.05, 3.63) is 84.4 Å². The van der Waals surface area contributed by atoms with Crippen molar-refractivity contribution in [3.63, 3.8) is 0 Å². The molecule has 4 heteroatoms. The van der Waals surface area contributed by atoms with Gasteiger partial charge in [0.1, 0.15) is 5.52 Å². The zero-order chi connectivity index (χ0) is 17.1. The van der Waals surface area contributed by atoms with Crippen molar-refractivity contribution in [2.75, 3.05) is 5.32 Å². The lowest BCUT2D eigenvalue weighted by Gasteiger charge is -2.06. The number of nitrogens with one attached hydrogen (secondary N) is 1. The molecular weight excluding hydrogens is 312 g/mol. The molecule has 0 aliphatic rings. The first-order valence-electron chi connectivity index (χ1n) is 8.08. The second-order valence-electron chi connectivity index (χ2n) is 5.78. The first kappa shape index (κ1) is 15.1. The molecule has 3 aromatic carbocycles. The molecule has 0 bridgehead atoms. The number of nitrogens with zero attached hydrogens (tertiary/aromatic N) is 1. The molecular formula is C21H16N2O2. The van der Waals surface area contributed by atoms with Crippen LogP contribution < -0.4 is 5.32 Å². The van der Waals surface area contributed by atoms with Crippen LogP contribution in [0.5, 0.6) is 0 Å². The van der Waals surface area contributed by atoms with Gasteiger partial charge in [0.2, 0.25) is 11.8 Å². The number of amides is 1. The fourth-order valence-electron chi connectivity index (χ4n) is 2.71. The highest BCUT2D eigenvalue weighted by Crippen LogP contribution is 2.26. The Morgan fingerprint density at radius 3 is 2.56 bits per heavy atom. The van der Waals surface area contributed by atoms with Crippen LogP contribution in [0.15, 0.2) is 83.3 Å². The van der Waals surface area contributed by atoms with Gasteiger partial charge in [0, 0.05) is 11.3 Å². The van der Waals surface area contributed by atoms with Crippen molar-refractivity contribution in [3.8, 4) is 11.5 Å². The van der Waals surface area contributed by atoms with E-state index >= 15 is 0 Å². The normalized spacial score (nSPS) is 10.7. The van der Waals surface area contributed by atoms with Crippen LogP contribution >= 0.6 is 0 Å². The van der Waals surface area contributed by atoms with Gasteiger partial charge in [0.05, 0.1) is 6.42 Å². The van der Waals surface area contributed by atoms with E-state index in [-0.39, 0.29) is 5.91 Å². The summed E-state index contributed by atoms with van der Waals surface area (Å²) < 4.78 is 5.79. The Balaban J connectivity index is 1.54. The largest absolute Gasteiger partial charge is 0.436 e. The first-order valence-corrected chi connectivity index (χ1v) is 8.08. The Morgan fingerprint density at radius 2 is 1.72 bits per heavy atom. The summed E-state index contributed by atoms with van der Waals surface area (Å²) in [5.74, 6) is 0.487. The van der Waals surface area contributed by atoms with E-state index in [0.717, 1.165) is 27.9 Å². The van der Waals surface area contributed by atoms with Crippen LogP contribution in [0.4, 0.5) is 5.69 Å². The van der Waals surface area contributed by atoms with Gasteiger partial charge in [-0.1, -0.05) is 48.5 Å². The van der Waals surface area contributed by atoms with E-state index in [9.17, 15) is 4.79 Å². The van der Waals surface area contributed by atoms with Gasteiger partial charge in [-0.3, -0.25) is 4.79 Å². The minimum absolute atomic E-state index is 0.0547. The smallest absolute Gasteiger partial charge is 0.228 e. The Hall–Kier alpha value is -3.40. The van der Waals surface area contributed by atoms with Gasteiger partial charge in [0.15, 0.2) is 5.58 Å². The van der Waals surface area contributed by atoms with Crippen LogP contribution in [0.25, 0.3) is 22.6 Å². The molecule has 0 aliphatic heterocycles. The zero-order valence-electron chi connectivity index (χ0n) is 13.5. The predicted molar refractivity (Wildman–Crippen MR) is 98.2 cm³/mol. The molecule has 4 rings (SSSR count). The summed E-state index contributed by atoms with van der Waals surface area (Å²) in [4.78, 5) is 16.7. The number of hydrogen-bond acceptors (Lipinski definition) is 3. The second kappa shape index (κ2) is 6.61. The number of rotatable bonds is 4. The highest BCUT2D eigenvalue weighted by atomic mass is 16.3. The predicted octanol–water partition coefficient (Wildman–Crippen LogP) is 4.68. The molecule has 25 heavy (non-hydrogen) atoms. The van der Waals surface area contributed by atoms with Crippen LogP contribution in [0.2, 0.25) is 0 Å². The molecule has 122 valence electrons. The molecule has 1 heterocycles. The van der Waals surface area contributed by atoms with Crippen molar-refractivity contribution < 1.29 is 9.21 Å². The maximum Gasteiger partial charge on any atom is 0.228 e. The Kier molecular flexibility index (Phi) is 4.01. The molecule has 0 spiro atoms. The van der Waals surface area contributed by atoms with Crippen molar-refractivity contribution in [2.45, 2.75) is 6.42 Å². The minimum atomic E-state index is -0.0547. The third kappa shape index (κ3) is 3.43. The maximum absolute atomic E-state index is 12.2. The van der Waals surface area contributed by atoms with Crippen molar-refractivity contribution in [1.29, 1.82) is 0 Å². The summed E-state index contributed by atoms with van der Waals surface area (Å²) in [6.45, 7) is 0. The molecule has 0 saturated heterocycles. The molecule has 0 unspecified atom stereocenters. The lowest BCUT2D eigenvalue weighted by Crippen LogP contribution is -2.14. The number of carbonyl (C=O) groups excluding carboxylic acids is 1. The summed E-state index contributed by atoms with van der Waals surface area (Å²) in [6.07, 6.45) is 0.341. The fourth-order valence-corrected chi connectivity index (χ4v) is 2.71. The number of aromatic nitrogens is 1. The van der Waals surface area contributed by atoms with Gasteiger partial charge >= 0.3 is 0 Å². The molecule has 1 N–H and O–H groups in total. The number of oxazole rings is 1. The Morgan fingerprint density at radius 1 is 0.920 bits per heavy atom. The number of fused-ring (bicyclic) bond motifs is 1. The average Bonchev–Trinajstić information content (AvgIpc) is 3.07. The topological polar surface area (TPSA) is 55.1 Å². The third-order valence-corrected chi connectivity index (χ3v) is 3.89. The number of anilines is 1. The number of para-hydroxylation sites is 2. The summed E-state index contributed by atoms with van der Waals surface area (Å²) in [7, 11) is 0. The van der Waals surface area contributed by atoms with Gasteiger partial charge in [-0.05, 0) is 35.9 Å². The molecule has 1 amide bonds. The Labute approximate surface area is 145 Å². The SMILES string of the molecule is O=C(Cc1ccccc1)Nc1cccc(-c2nc3ccccc3o2)c1. The quantitative estimate of drug-likeness (QED) is 0.592. The van der Waals surface area contributed by atoms with Crippen LogP contribution in [0, 0.1) is 0 Å². The summed E-state index contributed by atoms with van der Waals surface area (Å²) >= 11 is 0. The molecule has 0 saturated carbocycles. The summed E-state index contributed by atoms with van der Waals surface area (Å²) in [5, 5.41) is 2.93.